The van der Waals surface area contributed by atoms with E-state index in [1.165, 1.54) is 0 Å². The van der Waals surface area contributed by atoms with Gasteiger partial charge in [0.2, 0.25) is 0 Å². The Hall–Kier alpha value is -1.58. The van der Waals surface area contributed by atoms with Gasteiger partial charge in [-0.05, 0) is 18.2 Å². The summed E-state index contributed by atoms with van der Waals surface area (Å²) in [7, 11) is 1.68. The van der Waals surface area contributed by atoms with Crippen LogP contribution >= 0.6 is 11.6 Å². The number of rotatable bonds is 4. The fourth-order valence-corrected chi connectivity index (χ4v) is 1.70. The molecule has 1 aromatic carbocycles. The molecule has 2 rings (SSSR count). The number of nitrogens with one attached hydrogen (secondary N) is 1. The Bertz CT molecular complexity index is 502. The highest BCUT2D eigenvalue weighted by atomic mass is 35.5. The molecule has 0 saturated heterocycles. The smallest absolute Gasteiger partial charge is 0.132 e. The molecule has 0 spiro atoms. The lowest BCUT2D eigenvalue weighted by atomic mass is 10.2. The van der Waals surface area contributed by atoms with Crippen molar-refractivity contribution in [3.8, 4) is 0 Å². The number of hydrogen-bond donors (Lipinski definition) is 1. The molecule has 0 aliphatic heterocycles. The molecule has 0 fully saturated rings. The molecule has 3 nitrogen and oxygen atoms in total. The predicted molar refractivity (Wildman–Crippen MR) is 69.7 cm³/mol. The molecule has 0 aliphatic rings. The van der Waals surface area contributed by atoms with Gasteiger partial charge < -0.3 is 10.1 Å². The summed E-state index contributed by atoms with van der Waals surface area (Å²) in [4.78, 5) is 4.18. The van der Waals surface area contributed by atoms with Gasteiger partial charge in [0.25, 0.3) is 0 Å². The van der Waals surface area contributed by atoms with Gasteiger partial charge in [0.05, 0.1) is 6.61 Å². The van der Waals surface area contributed by atoms with Crippen LogP contribution in [0.2, 0.25) is 5.15 Å². The average Bonchev–Trinajstić information content (AvgIpc) is 2.32. The van der Waals surface area contributed by atoms with Crippen LogP contribution in [-0.2, 0) is 11.3 Å². The van der Waals surface area contributed by atoms with Crippen LogP contribution in [0.4, 0.5) is 11.5 Å². The molecule has 0 unspecified atom stereocenters. The number of methoxy groups -OCH3 is 1. The monoisotopic (exact) mass is 248 g/mol. The van der Waals surface area contributed by atoms with Gasteiger partial charge in [0, 0.05) is 18.4 Å². The van der Waals surface area contributed by atoms with Crippen molar-refractivity contribution >= 4 is 23.1 Å². The molecule has 0 bridgehead atoms. The lowest BCUT2D eigenvalue weighted by Crippen LogP contribution is -1.98. The normalized spacial score (nSPS) is 10.2. The SMILES string of the molecule is COCc1ccccc1Nc1cccc(Cl)n1. The maximum Gasteiger partial charge on any atom is 0.132 e. The minimum atomic E-state index is 0.472. The first-order chi connectivity index (χ1) is 8.29. The zero-order chi connectivity index (χ0) is 12.1. The zero-order valence-corrected chi connectivity index (χ0v) is 10.2. The van der Waals surface area contributed by atoms with Crippen LogP contribution in [0, 0.1) is 0 Å². The maximum atomic E-state index is 5.84. The molecule has 1 aromatic heterocycles. The first kappa shape index (κ1) is 11.9. The minimum Gasteiger partial charge on any atom is -0.380 e. The Balaban J connectivity index is 2.23. The largest absolute Gasteiger partial charge is 0.380 e. The van der Waals surface area contributed by atoms with Gasteiger partial charge in [0.15, 0.2) is 0 Å². The van der Waals surface area contributed by atoms with Crippen LogP contribution in [0.1, 0.15) is 5.56 Å². The first-order valence-electron chi connectivity index (χ1n) is 5.26. The molecule has 0 atom stereocenters. The Kier molecular flexibility index (Phi) is 3.96. The van der Waals surface area contributed by atoms with Crippen LogP contribution in [-0.4, -0.2) is 12.1 Å². The van der Waals surface area contributed by atoms with E-state index in [4.69, 9.17) is 16.3 Å². The summed E-state index contributed by atoms with van der Waals surface area (Å²) in [6.07, 6.45) is 0. The summed E-state index contributed by atoms with van der Waals surface area (Å²) in [6.45, 7) is 0.559. The number of nitrogens with zero attached hydrogens (tertiary/aromatic N) is 1. The number of para-hydroxylation sites is 1. The summed E-state index contributed by atoms with van der Waals surface area (Å²) < 4.78 is 5.14. The van der Waals surface area contributed by atoms with Gasteiger partial charge in [-0.25, -0.2) is 4.98 Å². The van der Waals surface area contributed by atoms with Crippen LogP contribution in [0.25, 0.3) is 0 Å². The van der Waals surface area contributed by atoms with E-state index >= 15 is 0 Å². The highest BCUT2D eigenvalue weighted by Crippen LogP contribution is 2.21. The first-order valence-corrected chi connectivity index (χ1v) is 5.64. The summed E-state index contributed by atoms with van der Waals surface area (Å²) >= 11 is 5.84. The third-order valence-electron chi connectivity index (χ3n) is 2.30. The van der Waals surface area contributed by atoms with Gasteiger partial charge in [-0.1, -0.05) is 35.9 Å². The summed E-state index contributed by atoms with van der Waals surface area (Å²) in [5, 5.41) is 3.69. The fourth-order valence-electron chi connectivity index (χ4n) is 1.54. The fraction of sp³-hybridized carbons (Fsp3) is 0.154. The Morgan fingerprint density at radius 3 is 2.76 bits per heavy atom. The summed E-state index contributed by atoms with van der Waals surface area (Å²) in [6, 6.07) is 13.4. The Morgan fingerprint density at radius 1 is 1.18 bits per heavy atom. The molecule has 2 aromatic rings. The van der Waals surface area contributed by atoms with Crippen LogP contribution in [0.15, 0.2) is 42.5 Å². The lowest BCUT2D eigenvalue weighted by molar-refractivity contribution is 0.185. The molecule has 0 radical (unpaired) electrons. The summed E-state index contributed by atoms with van der Waals surface area (Å²) in [5.41, 5.74) is 2.06. The van der Waals surface area contributed by atoms with E-state index in [0.29, 0.717) is 11.8 Å². The number of anilines is 2. The highest BCUT2D eigenvalue weighted by Gasteiger charge is 2.02. The van der Waals surface area contributed by atoms with E-state index in [9.17, 15) is 0 Å². The van der Waals surface area contributed by atoms with E-state index in [-0.39, 0.29) is 0 Å². The van der Waals surface area contributed by atoms with Gasteiger partial charge in [-0.15, -0.1) is 0 Å². The van der Waals surface area contributed by atoms with E-state index < -0.39 is 0 Å². The number of benzene rings is 1. The topological polar surface area (TPSA) is 34.1 Å². The van der Waals surface area contributed by atoms with Crippen molar-refractivity contribution < 1.29 is 4.74 Å². The number of halogens is 1. The van der Waals surface area contributed by atoms with E-state index in [1.807, 2.05) is 36.4 Å². The standard InChI is InChI=1S/C13H13ClN2O/c1-17-9-10-5-2-3-6-11(10)15-13-8-4-7-12(14)16-13/h2-8H,9H2,1H3,(H,15,16). The Labute approximate surface area is 105 Å². The molecule has 0 saturated carbocycles. The molecular weight excluding hydrogens is 236 g/mol. The van der Waals surface area contributed by atoms with Gasteiger partial charge >= 0.3 is 0 Å². The molecule has 1 N–H and O–H groups in total. The van der Waals surface area contributed by atoms with Crippen molar-refractivity contribution in [1.29, 1.82) is 0 Å². The maximum absolute atomic E-state index is 5.84. The van der Waals surface area contributed by atoms with Crippen molar-refractivity contribution in [1.82, 2.24) is 4.98 Å². The molecular formula is C13H13ClN2O. The molecule has 17 heavy (non-hydrogen) atoms. The molecule has 4 heteroatoms. The van der Waals surface area contributed by atoms with Crippen LogP contribution in [0.3, 0.4) is 0 Å². The quantitative estimate of drug-likeness (QED) is 0.839. The van der Waals surface area contributed by atoms with Crippen molar-refractivity contribution in [3.63, 3.8) is 0 Å². The third kappa shape index (κ3) is 3.19. The molecule has 88 valence electrons. The molecule has 0 aliphatic carbocycles. The second kappa shape index (κ2) is 5.66. The second-order valence-electron chi connectivity index (χ2n) is 3.56. The van der Waals surface area contributed by atoms with Gasteiger partial charge in [0.1, 0.15) is 11.0 Å². The Morgan fingerprint density at radius 2 is 2.00 bits per heavy atom. The third-order valence-corrected chi connectivity index (χ3v) is 2.51. The van der Waals surface area contributed by atoms with Gasteiger partial charge in [-0.3, -0.25) is 0 Å². The second-order valence-corrected chi connectivity index (χ2v) is 3.95. The number of hydrogen-bond acceptors (Lipinski definition) is 3. The summed E-state index contributed by atoms with van der Waals surface area (Å²) in [5.74, 6) is 0.723. The predicted octanol–water partition coefficient (Wildman–Crippen LogP) is 3.63. The number of ether oxygens (including phenoxy) is 1. The minimum absolute atomic E-state index is 0.472. The van der Waals surface area contributed by atoms with Crippen molar-refractivity contribution in [3.05, 3.63) is 53.2 Å². The zero-order valence-electron chi connectivity index (χ0n) is 9.48. The van der Waals surface area contributed by atoms with E-state index in [1.54, 1.807) is 13.2 Å². The average molecular weight is 249 g/mol. The van der Waals surface area contributed by atoms with Crippen LogP contribution in [0.5, 0.6) is 0 Å². The number of aromatic nitrogens is 1. The van der Waals surface area contributed by atoms with Crippen molar-refractivity contribution in [2.24, 2.45) is 0 Å². The molecule has 0 amide bonds. The van der Waals surface area contributed by atoms with E-state index in [0.717, 1.165) is 17.1 Å². The molecule has 1 heterocycles. The van der Waals surface area contributed by atoms with Crippen LogP contribution < -0.4 is 5.32 Å². The van der Waals surface area contributed by atoms with E-state index in [2.05, 4.69) is 10.3 Å². The van der Waals surface area contributed by atoms with Crippen molar-refractivity contribution in [2.75, 3.05) is 12.4 Å². The van der Waals surface area contributed by atoms with Crippen molar-refractivity contribution in [2.45, 2.75) is 6.61 Å². The van der Waals surface area contributed by atoms with Gasteiger partial charge in [-0.2, -0.15) is 0 Å². The lowest BCUT2D eigenvalue weighted by Gasteiger charge is -2.10. The number of pyridine rings is 1. The highest BCUT2D eigenvalue weighted by molar-refractivity contribution is 6.29.